The van der Waals surface area contributed by atoms with Crippen molar-refractivity contribution >= 4 is 102 Å². The van der Waals surface area contributed by atoms with Crippen LogP contribution in [0.25, 0.3) is 147 Å². The zero-order valence-corrected chi connectivity index (χ0v) is 42.6. The Hall–Kier alpha value is -9.27. The van der Waals surface area contributed by atoms with Gasteiger partial charge in [0, 0.05) is 101 Å². The normalized spacial score (nSPS) is 12.6. The predicted octanol–water partition coefficient (Wildman–Crippen LogP) is 18.9. The molecule has 0 unspecified atom stereocenters. The number of benzene rings is 10. The SMILES string of the molecule is C1=Cc2c(n(-c3ccc4c(c3)c3ccccc3n4-c3c(-c4ccccc4)cc(-c4nc(-c5ccc6c(c5)sc5ccccc56)nc(-c5ccc6c(c5)sc5ccccc56)n4)cc3-c3ccccc3)c3ccccc23)CC1. The highest BCUT2D eigenvalue weighted by atomic mass is 32.1. The molecule has 76 heavy (non-hydrogen) atoms. The van der Waals surface area contributed by atoms with Crippen molar-refractivity contribution in [2.75, 3.05) is 0 Å². The molecule has 10 aromatic carbocycles. The van der Waals surface area contributed by atoms with Crippen molar-refractivity contribution in [1.29, 1.82) is 0 Å². The number of nitrogens with zero attached hydrogens (tertiary/aromatic N) is 5. The maximum absolute atomic E-state index is 5.48. The molecule has 1 aliphatic rings. The molecule has 0 fully saturated rings. The van der Waals surface area contributed by atoms with Crippen molar-refractivity contribution in [1.82, 2.24) is 24.1 Å². The fraction of sp³-hybridized carbons (Fsp3) is 0.0290. The second kappa shape index (κ2) is 17.1. The lowest BCUT2D eigenvalue weighted by atomic mass is 9.92. The standard InChI is InChI=1S/C69H43N5S2/c1-3-17-42(18-4-1)55-37-46(69-71-67(44-31-34-53-51-24-10-15-29-62(51)75-64(53)39-44)70-68(72-69)45-32-35-54-52-25-11-16-30-63(52)76-65(54)40-45)38-56(43-19-5-2-6-20-43)66(55)74-60-28-14-9-23-50(60)57-41-47(33-36-61(57)74)73-58-26-12-7-21-48(58)49-22-8-13-27-59(49)73/h1-12,14-26,28-41H,13,27H2. The number of aromatic nitrogens is 5. The summed E-state index contributed by atoms with van der Waals surface area (Å²) in [4.78, 5) is 16.3. The molecule has 1 aliphatic carbocycles. The van der Waals surface area contributed by atoms with Gasteiger partial charge in [-0.05, 0) is 90.7 Å². The first-order valence-corrected chi connectivity index (χ1v) is 27.5. The lowest BCUT2D eigenvalue weighted by molar-refractivity contribution is 0.889. The number of allylic oxidation sites excluding steroid dienone is 1. The van der Waals surface area contributed by atoms with Gasteiger partial charge in [0.25, 0.3) is 0 Å². The Morgan fingerprint density at radius 3 is 1.43 bits per heavy atom. The third kappa shape index (κ3) is 6.79. The van der Waals surface area contributed by atoms with E-state index in [9.17, 15) is 0 Å². The molecule has 0 aliphatic heterocycles. The molecule has 7 heteroatoms. The van der Waals surface area contributed by atoms with Crippen LogP contribution in [0.5, 0.6) is 0 Å². The monoisotopic (exact) mass is 1010 g/mol. The quantitative estimate of drug-likeness (QED) is 0.160. The third-order valence-corrected chi connectivity index (χ3v) is 17.7. The summed E-state index contributed by atoms with van der Waals surface area (Å²) < 4.78 is 9.93. The molecule has 0 atom stereocenters. The van der Waals surface area contributed by atoms with E-state index in [2.05, 4.69) is 246 Å². The Bertz CT molecular complexity index is 4690. The van der Waals surface area contributed by atoms with Crippen LogP contribution in [0.15, 0.2) is 231 Å². The van der Waals surface area contributed by atoms with Crippen LogP contribution in [0.1, 0.15) is 17.7 Å². The third-order valence-electron chi connectivity index (χ3n) is 15.4. The second-order valence-corrected chi connectivity index (χ2v) is 22.0. The smallest absolute Gasteiger partial charge is 0.164 e. The molecule has 0 bridgehead atoms. The average molecular weight is 1010 g/mol. The summed E-state index contributed by atoms with van der Waals surface area (Å²) in [6.07, 6.45) is 6.66. The average Bonchev–Trinajstić information content (AvgIpc) is 4.28. The Kier molecular flexibility index (Phi) is 9.74. The van der Waals surface area contributed by atoms with Crippen molar-refractivity contribution in [3.63, 3.8) is 0 Å². The second-order valence-electron chi connectivity index (χ2n) is 19.8. The van der Waals surface area contributed by atoms with Crippen LogP contribution in [-0.4, -0.2) is 24.1 Å². The molecule has 15 aromatic rings. The van der Waals surface area contributed by atoms with E-state index in [4.69, 9.17) is 15.0 Å². The largest absolute Gasteiger partial charge is 0.313 e. The van der Waals surface area contributed by atoms with E-state index in [0.717, 1.165) is 68.5 Å². The van der Waals surface area contributed by atoms with Crippen LogP contribution in [0.4, 0.5) is 0 Å². The minimum atomic E-state index is 0.609. The zero-order chi connectivity index (χ0) is 49.8. The molecule has 5 aromatic heterocycles. The number of hydrogen-bond donors (Lipinski definition) is 0. The van der Waals surface area contributed by atoms with Crippen molar-refractivity contribution in [3.8, 4) is 67.8 Å². The topological polar surface area (TPSA) is 48.5 Å². The maximum atomic E-state index is 5.48. The molecule has 0 amide bonds. The van der Waals surface area contributed by atoms with E-state index in [0.29, 0.717) is 17.5 Å². The van der Waals surface area contributed by atoms with Gasteiger partial charge in [-0.1, -0.05) is 170 Å². The number of hydrogen-bond acceptors (Lipinski definition) is 5. The maximum Gasteiger partial charge on any atom is 0.164 e. The first kappa shape index (κ1) is 43.2. The molecule has 0 saturated heterocycles. The van der Waals surface area contributed by atoms with Crippen LogP contribution >= 0.6 is 22.7 Å². The molecular formula is C69H43N5S2. The van der Waals surface area contributed by atoms with Gasteiger partial charge in [-0.15, -0.1) is 22.7 Å². The first-order chi connectivity index (χ1) is 37.7. The Morgan fingerprint density at radius 2 is 0.829 bits per heavy atom. The van der Waals surface area contributed by atoms with Gasteiger partial charge < -0.3 is 9.13 Å². The number of para-hydroxylation sites is 2. The van der Waals surface area contributed by atoms with Gasteiger partial charge in [0.05, 0.1) is 22.2 Å². The summed E-state index contributed by atoms with van der Waals surface area (Å²) >= 11 is 3.61. The van der Waals surface area contributed by atoms with Crippen LogP contribution in [0.2, 0.25) is 0 Å². The van der Waals surface area contributed by atoms with Crippen LogP contribution < -0.4 is 0 Å². The summed E-state index contributed by atoms with van der Waals surface area (Å²) in [5, 5.41) is 8.69. The van der Waals surface area contributed by atoms with Gasteiger partial charge in [0.15, 0.2) is 17.5 Å². The van der Waals surface area contributed by atoms with Crippen LogP contribution in [-0.2, 0) is 6.42 Å². The summed E-state index contributed by atoms with van der Waals surface area (Å²) in [7, 11) is 0. The van der Waals surface area contributed by atoms with E-state index in [1.165, 1.54) is 79.0 Å². The lowest BCUT2D eigenvalue weighted by Gasteiger charge is -2.21. The molecule has 5 heterocycles. The van der Waals surface area contributed by atoms with Crippen molar-refractivity contribution in [3.05, 3.63) is 242 Å². The molecular weight excluding hydrogens is 963 g/mol. The van der Waals surface area contributed by atoms with Gasteiger partial charge in [-0.2, -0.15) is 0 Å². The highest BCUT2D eigenvalue weighted by molar-refractivity contribution is 7.26. The Balaban J connectivity index is 0.952. The van der Waals surface area contributed by atoms with E-state index in [1.807, 2.05) is 0 Å². The number of rotatable bonds is 7. The molecule has 0 N–H and O–H groups in total. The van der Waals surface area contributed by atoms with Gasteiger partial charge in [0.2, 0.25) is 0 Å². The fourth-order valence-electron chi connectivity index (χ4n) is 12.0. The van der Waals surface area contributed by atoms with Crippen molar-refractivity contribution in [2.45, 2.75) is 12.8 Å². The molecule has 5 nitrogen and oxygen atoms in total. The van der Waals surface area contributed by atoms with Gasteiger partial charge in [0.1, 0.15) is 0 Å². The van der Waals surface area contributed by atoms with Gasteiger partial charge in [-0.25, -0.2) is 15.0 Å². The van der Waals surface area contributed by atoms with Gasteiger partial charge in [-0.3, -0.25) is 0 Å². The van der Waals surface area contributed by atoms with Crippen molar-refractivity contribution < 1.29 is 0 Å². The zero-order valence-electron chi connectivity index (χ0n) is 41.0. The minimum absolute atomic E-state index is 0.609. The molecule has 0 radical (unpaired) electrons. The summed E-state index contributed by atoms with van der Waals surface area (Å²) in [6, 6.07) is 81.7. The number of thiophene rings is 2. The Morgan fingerprint density at radius 1 is 0.342 bits per heavy atom. The van der Waals surface area contributed by atoms with Gasteiger partial charge >= 0.3 is 0 Å². The fourth-order valence-corrected chi connectivity index (χ4v) is 14.3. The number of fused-ring (bicyclic) bond motifs is 12. The first-order valence-electron chi connectivity index (χ1n) is 25.9. The van der Waals surface area contributed by atoms with E-state index in [1.54, 1.807) is 22.7 Å². The minimum Gasteiger partial charge on any atom is -0.313 e. The predicted molar refractivity (Wildman–Crippen MR) is 321 cm³/mol. The van der Waals surface area contributed by atoms with Crippen LogP contribution in [0, 0.1) is 0 Å². The van der Waals surface area contributed by atoms with Crippen LogP contribution in [0.3, 0.4) is 0 Å². The molecule has 0 saturated carbocycles. The lowest BCUT2D eigenvalue weighted by Crippen LogP contribution is -2.04. The van der Waals surface area contributed by atoms with Crippen molar-refractivity contribution in [2.24, 2.45) is 0 Å². The summed E-state index contributed by atoms with van der Waals surface area (Å²) in [5.41, 5.74) is 15.6. The highest BCUT2D eigenvalue weighted by Crippen LogP contribution is 2.46. The highest BCUT2D eigenvalue weighted by Gasteiger charge is 2.25. The molecule has 16 rings (SSSR count). The van der Waals surface area contributed by atoms with E-state index >= 15 is 0 Å². The Labute approximate surface area is 445 Å². The molecule has 356 valence electrons. The molecule has 0 spiro atoms. The summed E-state index contributed by atoms with van der Waals surface area (Å²) in [6.45, 7) is 0. The van der Waals surface area contributed by atoms with E-state index in [-0.39, 0.29) is 0 Å². The summed E-state index contributed by atoms with van der Waals surface area (Å²) in [5.74, 6) is 1.87. The van der Waals surface area contributed by atoms with E-state index < -0.39 is 0 Å².